The highest BCUT2D eigenvalue weighted by Gasteiger charge is 2.25. The molecule has 1 aromatic heterocycles. The maximum Gasteiger partial charge on any atom is 0.0393 e. The first-order valence-electron chi connectivity index (χ1n) is 7.75. The molecule has 1 unspecified atom stereocenters. The van der Waals surface area contributed by atoms with Gasteiger partial charge in [-0.3, -0.25) is 4.98 Å². The lowest BCUT2D eigenvalue weighted by Crippen LogP contribution is -2.29. The zero-order valence-corrected chi connectivity index (χ0v) is 12.1. The zero-order valence-electron chi connectivity index (χ0n) is 12.1. The van der Waals surface area contributed by atoms with E-state index in [0.717, 1.165) is 18.7 Å². The molecule has 19 heavy (non-hydrogen) atoms. The van der Waals surface area contributed by atoms with Crippen LogP contribution >= 0.6 is 0 Å². The lowest BCUT2D eigenvalue weighted by Gasteiger charge is -2.28. The number of nitrogen functional groups attached to an aromatic ring is 1. The van der Waals surface area contributed by atoms with E-state index < -0.39 is 0 Å². The van der Waals surface area contributed by atoms with Crippen LogP contribution in [-0.2, 0) is 0 Å². The Kier molecular flexibility index (Phi) is 5.64. The summed E-state index contributed by atoms with van der Waals surface area (Å²) in [6.07, 6.45) is 13.0. The van der Waals surface area contributed by atoms with Gasteiger partial charge < -0.3 is 11.1 Å². The smallest absolute Gasteiger partial charge is 0.0393 e. The minimum atomic E-state index is 0.381. The Morgan fingerprint density at radius 1 is 1.32 bits per heavy atom. The van der Waals surface area contributed by atoms with Crippen LogP contribution in [0.1, 0.15) is 63.5 Å². The lowest BCUT2D eigenvalue weighted by atomic mass is 9.87. The number of rotatable bonds is 5. The van der Waals surface area contributed by atoms with E-state index >= 15 is 0 Å². The fourth-order valence-electron chi connectivity index (χ4n) is 3.15. The molecule has 1 heterocycles. The summed E-state index contributed by atoms with van der Waals surface area (Å²) in [7, 11) is 0. The quantitative estimate of drug-likeness (QED) is 0.795. The van der Waals surface area contributed by atoms with Gasteiger partial charge in [0.1, 0.15) is 0 Å². The van der Waals surface area contributed by atoms with Gasteiger partial charge >= 0.3 is 0 Å². The van der Waals surface area contributed by atoms with Gasteiger partial charge in [0.25, 0.3) is 0 Å². The van der Waals surface area contributed by atoms with Crippen molar-refractivity contribution < 1.29 is 0 Å². The maximum atomic E-state index is 6.16. The molecule has 0 spiro atoms. The van der Waals surface area contributed by atoms with Gasteiger partial charge in [-0.05, 0) is 37.8 Å². The number of hydrogen-bond donors (Lipinski definition) is 2. The Morgan fingerprint density at radius 3 is 2.68 bits per heavy atom. The standard InChI is InChI=1S/C16H27N3/c1-2-10-19-16(13-7-5-3-4-6-8-13)14-12-18-11-9-15(14)17/h9,11-13,16,19H,2-8,10H2,1H3,(H2,17,18). The van der Waals surface area contributed by atoms with Crippen molar-refractivity contribution in [3.05, 3.63) is 24.0 Å². The highest BCUT2D eigenvalue weighted by Crippen LogP contribution is 2.35. The highest BCUT2D eigenvalue weighted by molar-refractivity contribution is 5.46. The summed E-state index contributed by atoms with van der Waals surface area (Å²) in [5.74, 6) is 0.709. The van der Waals surface area contributed by atoms with E-state index in [4.69, 9.17) is 5.73 Å². The topological polar surface area (TPSA) is 50.9 Å². The Hall–Kier alpha value is -1.09. The van der Waals surface area contributed by atoms with Gasteiger partial charge in [-0.25, -0.2) is 0 Å². The molecule has 1 atom stereocenters. The molecule has 1 aromatic rings. The molecule has 3 heteroatoms. The van der Waals surface area contributed by atoms with E-state index in [0.29, 0.717) is 12.0 Å². The summed E-state index contributed by atoms with van der Waals surface area (Å²) < 4.78 is 0. The molecule has 1 aliphatic carbocycles. The maximum absolute atomic E-state index is 6.16. The van der Waals surface area contributed by atoms with E-state index in [2.05, 4.69) is 17.2 Å². The predicted molar refractivity (Wildman–Crippen MR) is 80.9 cm³/mol. The molecule has 1 fully saturated rings. The van der Waals surface area contributed by atoms with E-state index in [9.17, 15) is 0 Å². The molecule has 3 nitrogen and oxygen atoms in total. The second kappa shape index (κ2) is 7.49. The SMILES string of the molecule is CCCNC(c1cnccc1N)C1CCCCCC1. The third kappa shape index (κ3) is 3.93. The van der Waals surface area contributed by atoms with Crippen molar-refractivity contribution in [2.75, 3.05) is 12.3 Å². The lowest BCUT2D eigenvalue weighted by molar-refractivity contribution is 0.326. The average Bonchev–Trinajstić information content (AvgIpc) is 2.70. The summed E-state index contributed by atoms with van der Waals surface area (Å²) in [5, 5.41) is 3.70. The Labute approximate surface area is 117 Å². The predicted octanol–water partition coefficient (Wildman–Crippen LogP) is 3.67. The van der Waals surface area contributed by atoms with Crippen LogP contribution in [-0.4, -0.2) is 11.5 Å². The van der Waals surface area contributed by atoms with Crippen molar-refractivity contribution >= 4 is 5.69 Å². The van der Waals surface area contributed by atoms with Gasteiger partial charge in [0, 0.05) is 29.7 Å². The van der Waals surface area contributed by atoms with Crippen molar-refractivity contribution in [3.8, 4) is 0 Å². The number of anilines is 1. The molecule has 1 saturated carbocycles. The number of nitrogens with two attached hydrogens (primary N) is 1. The van der Waals surface area contributed by atoms with Gasteiger partial charge in [-0.1, -0.05) is 32.6 Å². The van der Waals surface area contributed by atoms with Crippen molar-refractivity contribution in [1.29, 1.82) is 0 Å². The van der Waals surface area contributed by atoms with Crippen LogP contribution in [0.25, 0.3) is 0 Å². The van der Waals surface area contributed by atoms with Gasteiger partial charge in [-0.2, -0.15) is 0 Å². The highest BCUT2D eigenvalue weighted by atomic mass is 14.9. The number of pyridine rings is 1. The summed E-state index contributed by atoms with van der Waals surface area (Å²) in [6.45, 7) is 3.26. The van der Waals surface area contributed by atoms with Crippen LogP contribution in [0.2, 0.25) is 0 Å². The molecule has 0 amide bonds. The molecular weight excluding hydrogens is 234 g/mol. The molecule has 2 rings (SSSR count). The molecule has 0 radical (unpaired) electrons. The second-order valence-corrected chi connectivity index (χ2v) is 5.69. The number of nitrogens with one attached hydrogen (secondary N) is 1. The summed E-state index contributed by atoms with van der Waals surface area (Å²) >= 11 is 0. The Balaban J connectivity index is 2.16. The third-order valence-corrected chi connectivity index (χ3v) is 4.21. The first-order valence-corrected chi connectivity index (χ1v) is 7.75. The molecule has 1 aliphatic rings. The molecule has 0 aromatic carbocycles. The molecular formula is C16H27N3. The largest absolute Gasteiger partial charge is 0.398 e. The van der Waals surface area contributed by atoms with Crippen LogP contribution < -0.4 is 11.1 Å². The van der Waals surface area contributed by atoms with Crippen LogP contribution in [0, 0.1) is 5.92 Å². The van der Waals surface area contributed by atoms with Crippen LogP contribution in [0.3, 0.4) is 0 Å². The summed E-state index contributed by atoms with van der Waals surface area (Å²) in [4.78, 5) is 4.27. The minimum absolute atomic E-state index is 0.381. The van der Waals surface area contributed by atoms with E-state index in [-0.39, 0.29) is 0 Å². The monoisotopic (exact) mass is 261 g/mol. The van der Waals surface area contributed by atoms with E-state index in [1.807, 2.05) is 12.3 Å². The normalized spacial score (nSPS) is 19.0. The molecule has 0 bridgehead atoms. The number of hydrogen-bond acceptors (Lipinski definition) is 3. The fraction of sp³-hybridized carbons (Fsp3) is 0.688. The van der Waals surface area contributed by atoms with Crippen molar-refractivity contribution in [3.63, 3.8) is 0 Å². The first-order chi connectivity index (χ1) is 9.33. The molecule has 3 N–H and O–H groups in total. The summed E-state index contributed by atoms with van der Waals surface area (Å²) in [6, 6.07) is 2.30. The van der Waals surface area contributed by atoms with Crippen LogP contribution in [0.4, 0.5) is 5.69 Å². The van der Waals surface area contributed by atoms with Gasteiger partial charge in [0.2, 0.25) is 0 Å². The van der Waals surface area contributed by atoms with Gasteiger partial charge in [0.15, 0.2) is 0 Å². The van der Waals surface area contributed by atoms with Crippen molar-refractivity contribution in [2.45, 2.75) is 57.9 Å². The Morgan fingerprint density at radius 2 is 2.05 bits per heavy atom. The van der Waals surface area contributed by atoms with Gasteiger partial charge in [-0.15, -0.1) is 0 Å². The molecule has 0 aliphatic heterocycles. The second-order valence-electron chi connectivity index (χ2n) is 5.69. The van der Waals surface area contributed by atoms with Crippen molar-refractivity contribution in [1.82, 2.24) is 10.3 Å². The number of nitrogens with zero attached hydrogens (tertiary/aromatic N) is 1. The Bertz CT molecular complexity index is 370. The minimum Gasteiger partial charge on any atom is -0.398 e. The average molecular weight is 261 g/mol. The van der Waals surface area contributed by atoms with E-state index in [1.54, 1.807) is 6.20 Å². The summed E-state index contributed by atoms with van der Waals surface area (Å²) in [5.41, 5.74) is 8.24. The van der Waals surface area contributed by atoms with Crippen LogP contribution in [0.15, 0.2) is 18.5 Å². The first kappa shape index (κ1) is 14.3. The number of aromatic nitrogens is 1. The fourth-order valence-corrected chi connectivity index (χ4v) is 3.15. The van der Waals surface area contributed by atoms with Crippen molar-refractivity contribution in [2.24, 2.45) is 5.92 Å². The van der Waals surface area contributed by atoms with E-state index in [1.165, 1.54) is 44.1 Å². The van der Waals surface area contributed by atoms with Crippen LogP contribution in [0.5, 0.6) is 0 Å². The molecule has 106 valence electrons. The third-order valence-electron chi connectivity index (χ3n) is 4.21. The zero-order chi connectivity index (χ0) is 13.5. The van der Waals surface area contributed by atoms with Gasteiger partial charge in [0.05, 0.1) is 0 Å². The molecule has 0 saturated heterocycles.